The Morgan fingerprint density at radius 3 is 2.58 bits per heavy atom. The smallest absolute Gasteiger partial charge is 0.0826 e. The molecule has 1 saturated carbocycles. The van der Waals surface area contributed by atoms with E-state index in [9.17, 15) is 0 Å². The summed E-state index contributed by atoms with van der Waals surface area (Å²) in [6.07, 6.45) is 7.51. The van der Waals surface area contributed by atoms with Gasteiger partial charge in [-0.2, -0.15) is 0 Å². The lowest BCUT2D eigenvalue weighted by atomic mass is 9.84. The molecule has 2 atom stereocenters. The van der Waals surface area contributed by atoms with E-state index >= 15 is 0 Å². The van der Waals surface area contributed by atoms with Gasteiger partial charge in [-0.15, -0.1) is 0 Å². The van der Waals surface area contributed by atoms with Crippen molar-refractivity contribution in [2.45, 2.75) is 71.1 Å². The summed E-state index contributed by atoms with van der Waals surface area (Å²) in [7, 11) is 0. The van der Waals surface area contributed by atoms with E-state index in [1.807, 2.05) is 0 Å². The second-order valence-corrected chi connectivity index (χ2v) is 6.68. The first-order valence-electron chi connectivity index (χ1n) is 8.26. The molecule has 1 heterocycles. The molecule has 1 unspecified atom stereocenters. The molecule has 2 fully saturated rings. The van der Waals surface area contributed by atoms with E-state index in [0.717, 1.165) is 32.2 Å². The predicted molar refractivity (Wildman–Crippen MR) is 80.5 cm³/mol. The van der Waals surface area contributed by atoms with Gasteiger partial charge in [-0.05, 0) is 39.5 Å². The molecule has 3 heteroatoms. The molecular formula is C16H32N2O. The molecule has 0 aromatic heterocycles. The Balaban J connectivity index is 1.69. The Kier molecular flexibility index (Phi) is 6.11. The summed E-state index contributed by atoms with van der Waals surface area (Å²) in [4.78, 5) is 2.53. The second-order valence-electron chi connectivity index (χ2n) is 6.68. The molecule has 0 aromatic carbocycles. The first-order chi connectivity index (χ1) is 9.16. The SMILES string of the molecule is CC(C)N1CCOC(CN[C@@H](C)C2CCCCC2)C1. The molecule has 112 valence electrons. The summed E-state index contributed by atoms with van der Waals surface area (Å²) in [6, 6.07) is 1.29. The maximum atomic E-state index is 5.89. The zero-order chi connectivity index (χ0) is 13.7. The Morgan fingerprint density at radius 2 is 1.89 bits per heavy atom. The van der Waals surface area contributed by atoms with Crippen LogP contribution in [0, 0.1) is 5.92 Å². The van der Waals surface area contributed by atoms with Crippen molar-refractivity contribution in [2.75, 3.05) is 26.2 Å². The first-order valence-corrected chi connectivity index (χ1v) is 8.26. The van der Waals surface area contributed by atoms with Crippen LogP contribution in [0.4, 0.5) is 0 Å². The molecule has 1 N–H and O–H groups in total. The number of ether oxygens (including phenoxy) is 1. The summed E-state index contributed by atoms with van der Waals surface area (Å²) in [6.45, 7) is 11.0. The highest BCUT2D eigenvalue weighted by Crippen LogP contribution is 2.26. The minimum Gasteiger partial charge on any atom is -0.374 e. The minimum absolute atomic E-state index is 0.377. The highest BCUT2D eigenvalue weighted by atomic mass is 16.5. The van der Waals surface area contributed by atoms with Crippen molar-refractivity contribution in [1.29, 1.82) is 0 Å². The second kappa shape index (κ2) is 7.61. The van der Waals surface area contributed by atoms with Gasteiger partial charge in [0.1, 0.15) is 0 Å². The van der Waals surface area contributed by atoms with Crippen LogP contribution in [-0.4, -0.2) is 49.3 Å². The van der Waals surface area contributed by atoms with Gasteiger partial charge in [-0.25, -0.2) is 0 Å². The van der Waals surface area contributed by atoms with E-state index in [-0.39, 0.29) is 0 Å². The van der Waals surface area contributed by atoms with Crippen LogP contribution in [0.1, 0.15) is 52.9 Å². The largest absolute Gasteiger partial charge is 0.374 e. The summed E-state index contributed by atoms with van der Waals surface area (Å²) < 4.78 is 5.89. The van der Waals surface area contributed by atoms with Crippen molar-refractivity contribution in [3.05, 3.63) is 0 Å². The number of hydrogen-bond acceptors (Lipinski definition) is 3. The molecule has 19 heavy (non-hydrogen) atoms. The van der Waals surface area contributed by atoms with Gasteiger partial charge < -0.3 is 10.1 Å². The first kappa shape index (κ1) is 15.3. The molecule has 1 saturated heterocycles. The van der Waals surface area contributed by atoms with Crippen molar-refractivity contribution in [3.63, 3.8) is 0 Å². The van der Waals surface area contributed by atoms with Crippen molar-refractivity contribution < 1.29 is 4.74 Å². The fourth-order valence-corrected chi connectivity index (χ4v) is 3.45. The molecule has 1 aliphatic heterocycles. The highest BCUT2D eigenvalue weighted by molar-refractivity contribution is 4.80. The number of nitrogens with one attached hydrogen (secondary N) is 1. The lowest BCUT2D eigenvalue weighted by Crippen LogP contribution is -2.50. The topological polar surface area (TPSA) is 24.5 Å². The standard InChI is InChI=1S/C16H32N2O/c1-13(2)18-9-10-19-16(12-18)11-17-14(3)15-7-5-4-6-8-15/h13-17H,4-12H2,1-3H3/t14-,16?/m0/s1. The van der Waals surface area contributed by atoms with Crippen LogP contribution in [0.3, 0.4) is 0 Å². The van der Waals surface area contributed by atoms with Gasteiger partial charge in [0, 0.05) is 31.7 Å². The lowest BCUT2D eigenvalue weighted by molar-refractivity contribution is -0.0387. The Morgan fingerprint density at radius 1 is 1.16 bits per heavy atom. The third-order valence-electron chi connectivity index (χ3n) is 4.92. The Labute approximate surface area is 119 Å². The predicted octanol–water partition coefficient (Wildman–Crippen LogP) is 2.65. The van der Waals surface area contributed by atoms with Gasteiger partial charge in [-0.1, -0.05) is 19.3 Å². The third kappa shape index (κ3) is 4.73. The van der Waals surface area contributed by atoms with E-state index in [0.29, 0.717) is 18.2 Å². The summed E-state index contributed by atoms with van der Waals surface area (Å²) in [5.74, 6) is 0.888. The average Bonchev–Trinajstić information content (AvgIpc) is 2.46. The van der Waals surface area contributed by atoms with Gasteiger partial charge in [0.05, 0.1) is 12.7 Å². The molecule has 0 bridgehead atoms. The fourth-order valence-electron chi connectivity index (χ4n) is 3.45. The highest BCUT2D eigenvalue weighted by Gasteiger charge is 2.24. The maximum Gasteiger partial charge on any atom is 0.0826 e. The lowest BCUT2D eigenvalue weighted by Gasteiger charge is -2.37. The number of rotatable bonds is 5. The number of morpholine rings is 1. The van der Waals surface area contributed by atoms with E-state index < -0.39 is 0 Å². The number of nitrogens with zero attached hydrogens (tertiary/aromatic N) is 1. The Bertz CT molecular complexity index is 251. The number of hydrogen-bond donors (Lipinski definition) is 1. The van der Waals surface area contributed by atoms with Crippen LogP contribution < -0.4 is 5.32 Å². The molecule has 1 aliphatic carbocycles. The van der Waals surface area contributed by atoms with Crippen LogP contribution >= 0.6 is 0 Å². The fraction of sp³-hybridized carbons (Fsp3) is 1.00. The molecule has 0 spiro atoms. The van der Waals surface area contributed by atoms with Gasteiger partial charge >= 0.3 is 0 Å². The summed E-state index contributed by atoms with van der Waals surface area (Å²) in [5.41, 5.74) is 0. The van der Waals surface area contributed by atoms with Crippen LogP contribution in [0.25, 0.3) is 0 Å². The zero-order valence-corrected chi connectivity index (χ0v) is 13.0. The normalized spacial score (nSPS) is 28.7. The molecule has 0 radical (unpaired) electrons. The minimum atomic E-state index is 0.377. The quantitative estimate of drug-likeness (QED) is 0.829. The average molecular weight is 268 g/mol. The monoisotopic (exact) mass is 268 g/mol. The van der Waals surface area contributed by atoms with E-state index in [4.69, 9.17) is 4.74 Å². The van der Waals surface area contributed by atoms with Gasteiger partial charge in [0.25, 0.3) is 0 Å². The molecule has 3 nitrogen and oxygen atoms in total. The zero-order valence-electron chi connectivity index (χ0n) is 13.0. The molecule has 2 aliphatic rings. The summed E-state index contributed by atoms with van der Waals surface area (Å²) >= 11 is 0. The van der Waals surface area contributed by atoms with E-state index in [1.165, 1.54) is 32.1 Å². The summed E-state index contributed by atoms with van der Waals surface area (Å²) in [5, 5.41) is 3.73. The van der Waals surface area contributed by atoms with Crippen LogP contribution in [-0.2, 0) is 4.74 Å². The van der Waals surface area contributed by atoms with Crippen LogP contribution in [0.15, 0.2) is 0 Å². The van der Waals surface area contributed by atoms with Gasteiger partial charge in [0.15, 0.2) is 0 Å². The van der Waals surface area contributed by atoms with Crippen molar-refractivity contribution >= 4 is 0 Å². The van der Waals surface area contributed by atoms with Gasteiger partial charge in [0.2, 0.25) is 0 Å². The van der Waals surface area contributed by atoms with Crippen molar-refractivity contribution in [1.82, 2.24) is 10.2 Å². The van der Waals surface area contributed by atoms with Gasteiger partial charge in [-0.3, -0.25) is 4.90 Å². The molecule has 0 amide bonds. The maximum absolute atomic E-state index is 5.89. The van der Waals surface area contributed by atoms with Crippen LogP contribution in [0.5, 0.6) is 0 Å². The van der Waals surface area contributed by atoms with E-state index in [1.54, 1.807) is 0 Å². The van der Waals surface area contributed by atoms with Crippen molar-refractivity contribution in [2.24, 2.45) is 5.92 Å². The third-order valence-corrected chi connectivity index (χ3v) is 4.92. The molecular weight excluding hydrogens is 236 g/mol. The van der Waals surface area contributed by atoms with Crippen molar-refractivity contribution in [3.8, 4) is 0 Å². The van der Waals surface area contributed by atoms with E-state index in [2.05, 4.69) is 31.0 Å². The molecule has 0 aromatic rings. The van der Waals surface area contributed by atoms with Crippen LogP contribution in [0.2, 0.25) is 0 Å². The molecule has 2 rings (SSSR count). The Hall–Kier alpha value is -0.120.